The molecule has 0 radical (unpaired) electrons. The van der Waals surface area contributed by atoms with Crippen LogP contribution < -0.4 is 5.32 Å². The molecule has 0 bridgehead atoms. The van der Waals surface area contributed by atoms with Gasteiger partial charge in [0.05, 0.1) is 11.7 Å². The first-order valence-corrected chi connectivity index (χ1v) is 9.03. The first-order valence-electron chi connectivity index (χ1n) is 7.21. The molecule has 3 heterocycles. The number of thiophene rings is 1. The fraction of sp³-hybridized carbons (Fsp3) is 0.312. The molecule has 0 spiro atoms. The highest BCUT2D eigenvalue weighted by Crippen LogP contribution is 2.24. The number of hydrogen-bond acceptors (Lipinski definition) is 6. The fourth-order valence-corrected chi connectivity index (χ4v) is 3.94. The minimum absolute atomic E-state index is 0.163. The molecule has 0 aromatic carbocycles. The highest BCUT2D eigenvalue weighted by molar-refractivity contribution is 7.09. The number of carbonyl (C=O) groups excluding carboxylic acids is 1. The van der Waals surface area contributed by atoms with Gasteiger partial charge in [-0.15, -0.1) is 11.3 Å². The quantitative estimate of drug-likeness (QED) is 0.761. The van der Waals surface area contributed by atoms with Crippen molar-refractivity contribution in [1.29, 1.82) is 0 Å². The van der Waals surface area contributed by atoms with Gasteiger partial charge in [0.25, 0.3) is 5.91 Å². The van der Waals surface area contributed by atoms with Crippen molar-refractivity contribution in [2.75, 3.05) is 0 Å². The lowest BCUT2D eigenvalue weighted by Gasteiger charge is -2.16. The maximum Gasteiger partial charge on any atom is 0.257 e. The summed E-state index contributed by atoms with van der Waals surface area (Å²) in [4.78, 5) is 17.2. The van der Waals surface area contributed by atoms with E-state index in [1.54, 1.807) is 36.5 Å². The van der Waals surface area contributed by atoms with E-state index in [4.69, 9.17) is 4.52 Å². The molecule has 7 heteroatoms. The fourth-order valence-electron chi connectivity index (χ4n) is 2.41. The van der Waals surface area contributed by atoms with Crippen LogP contribution >= 0.6 is 22.7 Å². The Bertz CT molecular complexity index is 786. The van der Waals surface area contributed by atoms with Crippen LogP contribution in [0.25, 0.3) is 0 Å². The van der Waals surface area contributed by atoms with Crippen molar-refractivity contribution in [1.82, 2.24) is 15.5 Å². The SMILES string of the molecule is Cc1csc([C@H](Cc2ccsc2)NC(=O)c2c(C)noc2C)n1. The van der Waals surface area contributed by atoms with Crippen LogP contribution in [-0.4, -0.2) is 16.0 Å². The molecule has 3 aromatic heterocycles. The third kappa shape index (κ3) is 3.51. The molecule has 0 saturated heterocycles. The van der Waals surface area contributed by atoms with E-state index in [9.17, 15) is 4.79 Å². The average molecular weight is 347 g/mol. The Morgan fingerprint density at radius 1 is 1.35 bits per heavy atom. The molecule has 1 N–H and O–H groups in total. The zero-order valence-corrected chi connectivity index (χ0v) is 14.8. The lowest BCUT2D eigenvalue weighted by molar-refractivity contribution is 0.0934. The summed E-state index contributed by atoms with van der Waals surface area (Å²) in [5.74, 6) is 0.360. The number of amides is 1. The largest absolute Gasteiger partial charge is 0.361 e. The molecule has 3 rings (SSSR count). The third-order valence-electron chi connectivity index (χ3n) is 3.52. The molecule has 3 aromatic rings. The van der Waals surface area contributed by atoms with Crippen LogP contribution in [0.3, 0.4) is 0 Å². The number of carbonyl (C=O) groups is 1. The van der Waals surface area contributed by atoms with Gasteiger partial charge in [-0.3, -0.25) is 4.79 Å². The lowest BCUT2D eigenvalue weighted by Crippen LogP contribution is -2.30. The van der Waals surface area contributed by atoms with E-state index < -0.39 is 0 Å². The number of rotatable bonds is 5. The predicted molar refractivity (Wildman–Crippen MR) is 91.1 cm³/mol. The number of nitrogens with zero attached hydrogens (tertiary/aromatic N) is 2. The molecule has 0 aliphatic carbocycles. The number of aryl methyl sites for hydroxylation is 3. The Labute approximate surface area is 142 Å². The minimum atomic E-state index is -0.172. The molecule has 23 heavy (non-hydrogen) atoms. The summed E-state index contributed by atoms with van der Waals surface area (Å²) in [5.41, 5.74) is 3.26. The van der Waals surface area contributed by atoms with E-state index in [0.29, 0.717) is 23.4 Å². The number of thiazole rings is 1. The van der Waals surface area contributed by atoms with Crippen LogP contribution in [0.1, 0.15) is 44.1 Å². The second-order valence-electron chi connectivity index (χ2n) is 5.39. The Hall–Kier alpha value is -1.99. The van der Waals surface area contributed by atoms with Gasteiger partial charge in [-0.25, -0.2) is 4.98 Å². The lowest BCUT2D eigenvalue weighted by atomic mass is 10.1. The second kappa shape index (κ2) is 6.64. The topological polar surface area (TPSA) is 68.0 Å². The van der Waals surface area contributed by atoms with Gasteiger partial charge in [0, 0.05) is 17.5 Å². The Balaban J connectivity index is 1.85. The maximum absolute atomic E-state index is 12.6. The van der Waals surface area contributed by atoms with Gasteiger partial charge in [0.1, 0.15) is 16.3 Å². The summed E-state index contributed by atoms with van der Waals surface area (Å²) >= 11 is 3.21. The second-order valence-corrected chi connectivity index (χ2v) is 7.06. The van der Waals surface area contributed by atoms with Gasteiger partial charge in [-0.2, -0.15) is 11.3 Å². The first kappa shape index (κ1) is 15.9. The molecule has 1 atom stereocenters. The van der Waals surface area contributed by atoms with Gasteiger partial charge < -0.3 is 9.84 Å². The maximum atomic E-state index is 12.6. The van der Waals surface area contributed by atoms with Crippen molar-refractivity contribution in [3.63, 3.8) is 0 Å². The summed E-state index contributed by atoms with van der Waals surface area (Å²) in [6.45, 7) is 5.47. The first-order chi connectivity index (χ1) is 11.0. The van der Waals surface area contributed by atoms with Crippen LogP contribution in [0.5, 0.6) is 0 Å². The molecule has 5 nitrogen and oxygen atoms in total. The van der Waals surface area contributed by atoms with Crippen LogP contribution in [0.4, 0.5) is 0 Å². The standard InChI is InChI=1S/C16H17N3O2S2/c1-9-7-23-16(17-9)13(6-12-4-5-22-8-12)18-15(20)14-10(2)19-21-11(14)3/h4-5,7-8,13H,6H2,1-3H3,(H,18,20)/t13-/m0/s1. The van der Waals surface area contributed by atoms with Crippen LogP contribution in [-0.2, 0) is 6.42 Å². The van der Waals surface area contributed by atoms with Gasteiger partial charge in [-0.05, 0) is 43.2 Å². The summed E-state index contributed by atoms with van der Waals surface area (Å²) in [7, 11) is 0. The molecule has 1 amide bonds. The third-order valence-corrected chi connectivity index (χ3v) is 5.33. The van der Waals surface area contributed by atoms with E-state index in [1.807, 2.05) is 17.7 Å². The van der Waals surface area contributed by atoms with Gasteiger partial charge in [0.15, 0.2) is 0 Å². The van der Waals surface area contributed by atoms with Crippen LogP contribution in [0.15, 0.2) is 26.7 Å². The summed E-state index contributed by atoms with van der Waals surface area (Å²) < 4.78 is 5.09. The van der Waals surface area contributed by atoms with Crippen molar-refractivity contribution >= 4 is 28.6 Å². The van der Waals surface area contributed by atoms with Crippen molar-refractivity contribution in [2.24, 2.45) is 0 Å². The zero-order valence-electron chi connectivity index (χ0n) is 13.1. The average Bonchev–Trinajstić information content (AvgIpc) is 3.21. The monoisotopic (exact) mass is 347 g/mol. The molecule has 0 aliphatic rings. The molecule has 0 unspecified atom stereocenters. The van der Waals surface area contributed by atoms with E-state index in [-0.39, 0.29) is 11.9 Å². The van der Waals surface area contributed by atoms with Crippen molar-refractivity contribution in [3.05, 3.63) is 55.5 Å². The highest BCUT2D eigenvalue weighted by atomic mass is 32.1. The Kier molecular flexibility index (Phi) is 4.58. The smallest absolute Gasteiger partial charge is 0.257 e. The number of aromatic nitrogens is 2. The molecule has 0 aliphatic heterocycles. The summed E-state index contributed by atoms with van der Waals surface area (Å²) in [5, 5.41) is 14.0. The van der Waals surface area contributed by atoms with Crippen LogP contribution in [0.2, 0.25) is 0 Å². The molecular weight excluding hydrogens is 330 g/mol. The van der Waals surface area contributed by atoms with Gasteiger partial charge >= 0.3 is 0 Å². The molecule has 0 saturated carbocycles. The molecular formula is C16H17N3O2S2. The van der Waals surface area contributed by atoms with Crippen molar-refractivity contribution < 1.29 is 9.32 Å². The minimum Gasteiger partial charge on any atom is -0.361 e. The summed E-state index contributed by atoms with van der Waals surface area (Å²) in [6.07, 6.45) is 0.714. The van der Waals surface area contributed by atoms with E-state index in [2.05, 4.69) is 26.9 Å². The number of hydrogen-bond donors (Lipinski definition) is 1. The zero-order chi connectivity index (χ0) is 16.4. The predicted octanol–water partition coefficient (Wildman–Crippen LogP) is 3.83. The van der Waals surface area contributed by atoms with Crippen molar-refractivity contribution in [2.45, 2.75) is 33.2 Å². The van der Waals surface area contributed by atoms with Crippen molar-refractivity contribution in [3.8, 4) is 0 Å². The Morgan fingerprint density at radius 3 is 2.74 bits per heavy atom. The summed E-state index contributed by atoms with van der Waals surface area (Å²) in [6, 6.07) is 1.91. The van der Waals surface area contributed by atoms with E-state index >= 15 is 0 Å². The van der Waals surface area contributed by atoms with Crippen LogP contribution in [0, 0.1) is 20.8 Å². The molecule has 0 fully saturated rings. The van der Waals surface area contributed by atoms with Gasteiger partial charge in [-0.1, -0.05) is 5.16 Å². The Morgan fingerprint density at radius 2 is 2.17 bits per heavy atom. The highest BCUT2D eigenvalue weighted by Gasteiger charge is 2.23. The molecule has 120 valence electrons. The van der Waals surface area contributed by atoms with Gasteiger partial charge in [0.2, 0.25) is 0 Å². The van der Waals surface area contributed by atoms with E-state index in [0.717, 1.165) is 10.7 Å². The normalized spacial score (nSPS) is 12.3. The van der Waals surface area contributed by atoms with E-state index in [1.165, 1.54) is 5.56 Å². The number of nitrogens with one attached hydrogen (secondary N) is 1.